The summed E-state index contributed by atoms with van der Waals surface area (Å²) in [5, 5.41) is 9.26. The summed E-state index contributed by atoms with van der Waals surface area (Å²) >= 11 is 0. The Morgan fingerprint density at radius 2 is 1.71 bits per heavy atom. The number of carbonyl (C=O) groups is 1. The molecule has 6 nitrogen and oxygen atoms in total. The van der Waals surface area contributed by atoms with Crippen LogP contribution < -0.4 is 10.6 Å². The largest absolute Gasteiger partial charge is 0.416 e. The van der Waals surface area contributed by atoms with Crippen LogP contribution in [-0.4, -0.2) is 26.0 Å². The molecule has 0 aliphatic carbocycles. The number of benzene rings is 1. The first-order chi connectivity index (χ1) is 15.4. The Morgan fingerprint density at radius 1 is 1.06 bits per heavy atom. The maximum Gasteiger partial charge on any atom is 0.416 e. The second-order valence-corrected chi connectivity index (χ2v) is 11.7. The van der Waals surface area contributed by atoms with Crippen LogP contribution in [0.4, 0.5) is 24.7 Å². The molecular weight excluding hydrogens is 443 g/mol. The van der Waals surface area contributed by atoms with Crippen molar-refractivity contribution in [2.24, 2.45) is 5.41 Å². The smallest absolute Gasteiger partial charge is 0.364 e. The fraction of sp³-hybridized carbons (Fsp3) is 0.520. The highest BCUT2D eigenvalue weighted by molar-refractivity contribution is 6.08. The number of rotatable bonds is 5. The van der Waals surface area contributed by atoms with E-state index in [0.717, 1.165) is 30.1 Å². The lowest BCUT2D eigenvalue weighted by Crippen LogP contribution is -2.36. The number of hydrogen-bond donors (Lipinski definition) is 3. The van der Waals surface area contributed by atoms with Gasteiger partial charge in [0.15, 0.2) is 11.5 Å². The van der Waals surface area contributed by atoms with Crippen molar-refractivity contribution < 1.29 is 18.0 Å². The van der Waals surface area contributed by atoms with Crippen molar-refractivity contribution in [1.82, 2.24) is 14.6 Å². The number of fused-ring (bicyclic) bond motifs is 1. The summed E-state index contributed by atoms with van der Waals surface area (Å²) in [7, 11) is 0. The van der Waals surface area contributed by atoms with E-state index in [9.17, 15) is 18.0 Å². The summed E-state index contributed by atoms with van der Waals surface area (Å²) < 4.78 is 40.9. The Labute approximate surface area is 198 Å². The van der Waals surface area contributed by atoms with E-state index in [0.29, 0.717) is 5.65 Å². The number of anilines is 2. The number of halogens is 3. The average molecular weight is 478 g/mol. The van der Waals surface area contributed by atoms with Gasteiger partial charge in [0.2, 0.25) is 0 Å². The van der Waals surface area contributed by atoms with E-state index in [1.807, 2.05) is 20.8 Å². The average Bonchev–Trinajstić information content (AvgIpc) is 3.19. The number of H-pyrrole nitrogens is 1. The fourth-order valence-electron chi connectivity index (χ4n) is 4.39. The molecule has 186 valence electrons. The number of aromatic nitrogens is 3. The van der Waals surface area contributed by atoms with Gasteiger partial charge in [-0.3, -0.25) is 9.89 Å². The number of aromatic amines is 1. The van der Waals surface area contributed by atoms with Crippen LogP contribution in [-0.2, 0) is 11.6 Å². The third-order valence-corrected chi connectivity index (χ3v) is 5.29. The van der Waals surface area contributed by atoms with Crippen molar-refractivity contribution >= 4 is 23.1 Å². The second kappa shape index (κ2) is 8.36. The van der Waals surface area contributed by atoms with Gasteiger partial charge in [-0.2, -0.15) is 13.2 Å². The van der Waals surface area contributed by atoms with E-state index in [1.54, 1.807) is 4.52 Å². The summed E-state index contributed by atoms with van der Waals surface area (Å²) in [5.74, 6) is 0.214. The first-order valence-electron chi connectivity index (χ1n) is 11.2. The first-order valence-corrected chi connectivity index (χ1v) is 11.2. The van der Waals surface area contributed by atoms with Crippen molar-refractivity contribution in [1.29, 1.82) is 0 Å². The molecule has 0 spiro atoms. The monoisotopic (exact) mass is 477 g/mol. The Hall–Kier alpha value is -2.97. The fourth-order valence-corrected chi connectivity index (χ4v) is 4.39. The molecule has 2 aromatic heterocycles. The quantitative estimate of drug-likeness (QED) is 0.376. The molecule has 0 atom stereocenters. The predicted molar refractivity (Wildman–Crippen MR) is 129 cm³/mol. The molecule has 34 heavy (non-hydrogen) atoms. The molecule has 0 aliphatic rings. The van der Waals surface area contributed by atoms with Crippen LogP contribution in [0.5, 0.6) is 0 Å². The van der Waals surface area contributed by atoms with Crippen molar-refractivity contribution in [2.75, 3.05) is 10.6 Å². The third-order valence-electron chi connectivity index (χ3n) is 5.29. The van der Waals surface area contributed by atoms with E-state index in [2.05, 4.69) is 50.4 Å². The van der Waals surface area contributed by atoms with E-state index >= 15 is 0 Å². The van der Waals surface area contributed by atoms with Gasteiger partial charge in [0.05, 0.1) is 11.3 Å². The molecule has 1 amide bonds. The van der Waals surface area contributed by atoms with E-state index in [1.165, 1.54) is 18.3 Å². The zero-order chi connectivity index (χ0) is 25.7. The summed E-state index contributed by atoms with van der Waals surface area (Å²) in [6.45, 7) is 16.9. The number of alkyl halides is 3. The molecular formula is C25H34F3N5O. The summed E-state index contributed by atoms with van der Waals surface area (Å²) in [6.07, 6.45) is -2.09. The molecule has 0 saturated carbocycles. The third kappa shape index (κ3) is 5.74. The van der Waals surface area contributed by atoms with Crippen LogP contribution >= 0.6 is 0 Å². The molecule has 1 aromatic carbocycles. The predicted octanol–water partition coefficient (Wildman–Crippen LogP) is 6.86. The molecule has 0 saturated heterocycles. The van der Waals surface area contributed by atoms with E-state index in [4.69, 9.17) is 4.98 Å². The maximum absolute atomic E-state index is 13.0. The lowest BCUT2D eigenvalue weighted by Gasteiger charge is -2.34. The number of nitrogens with one attached hydrogen (secondary N) is 3. The minimum atomic E-state index is -4.49. The SMILES string of the molecule is CC(C)(C)CC(C)(C)Nc1c(C(C)(C)C)nc2c(C(=O)Nc3cccc(C(F)(F)F)c3)c[nH]n12. The second-order valence-electron chi connectivity index (χ2n) is 11.7. The minimum absolute atomic E-state index is 0.0615. The summed E-state index contributed by atoms with van der Waals surface area (Å²) in [5.41, 5.74) is 0.178. The lowest BCUT2D eigenvalue weighted by molar-refractivity contribution is -0.137. The van der Waals surface area contributed by atoms with Crippen molar-refractivity contribution in [2.45, 2.75) is 78.9 Å². The molecule has 0 aliphatic heterocycles. The van der Waals surface area contributed by atoms with Gasteiger partial charge in [0.1, 0.15) is 5.56 Å². The number of carbonyl (C=O) groups excluding carboxylic acids is 1. The zero-order valence-corrected chi connectivity index (χ0v) is 21.0. The Balaban J connectivity index is 1.99. The molecule has 3 rings (SSSR count). The van der Waals surface area contributed by atoms with Gasteiger partial charge in [-0.25, -0.2) is 9.50 Å². The van der Waals surface area contributed by atoms with Gasteiger partial charge in [-0.15, -0.1) is 0 Å². The first kappa shape index (κ1) is 25.6. The number of hydrogen-bond acceptors (Lipinski definition) is 3. The Kier molecular flexibility index (Phi) is 6.30. The minimum Gasteiger partial charge on any atom is -0.364 e. The number of nitrogens with zero attached hydrogens (tertiary/aromatic N) is 2. The van der Waals surface area contributed by atoms with Gasteiger partial charge in [-0.05, 0) is 43.9 Å². The number of imidazole rings is 1. The Morgan fingerprint density at radius 3 is 2.26 bits per heavy atom. The molecule has 9 heteroatoms. The van der Waals surface area contributed by atoms with Crippen LogP contribution in [0.15, 0.2) is 30.5 Å². The van der Waals surface area contributed by atoms with Crippen molar-refractivity contribution in [3.63, 3.8) is 0 Å². The molecule has 0 bridgehead atoms. The van der Waals surface area contributed by atoms with Gasteiger partial charge >= 0.3 is 6.18 Å². The van der Waals surface area contributed by atoms with E-state index in [-0.39, 0.29) is 27.6 Å². The van der Waals surface area contributed by atoms with Crippen LogP contribution in [0.1, 0.15) is 83.4 Å². The summed E-state index contributed by atoms with van der Waals surface area (Å²) in [4.78, 5) is 17.8. The normalized spacial score (nSPS) is 13.4. The zero-order valence-electron chi connectivity index (χ0n) is 21.0. The van der Waals surface area contributed by atoms with Crippen molar-refractivity contribution in [3.8, 4) is 0 Å². The Bertz CT molecular complexity index is 1190. The van der Waals surface area contributed by atoms with Crippen LogP contribution in [0.2, 0.25) is 0 Å². The van der Waals surface area contributed by atoms with E-state index < -0.39 is 17.6 Å². The molecule has 3 N–H and O–H groups in total. The van der Waals surface area contributed by atoms with Gasteiger partial charge in [0, 0.05) is 22.8 Å². The summed E-state index contributed by atoms with van der Waals surface area (Å²) in [6, 6.07) is 4.56. The molecule has 2 heterocycles. The van der Waals surface area contributed by atoms with Gasteiger partial charge < -0.3 is 10.6 Å². The van der Waals surface area contributed by atoms with Gasteiger partial charge in [0.25, 0.3) is 5.91 Å². The molecule has 0 fully saturated rings. The standard InChI is InChI=1S/C25H34F3N5O/c1-22(2,3)14-24(7,8)32-20-18(23(4,5)6)31-19-17(13-29-33(19)20)21(34)30-16-11-9-10-15(12-16)25(26,27)28/h9-13,29,32H,14H2,1-8H3,(H,30,34). The molecule has 0 radical (unpaired) electrons. The van der Waals surface area contributed by atoms with Crippen LogP contribution in [0.3, 0.4) is 0 Å². The highest BCUT2D eigenvalue weighted by Gasteiger charge is 2.33. The highest BCUT2D eigenvalue weighted by atomic mass is 19.4. The molecule has 3 aromatic rings. The van der Waals surface area contributed by atoms with Crippen LogP contribution in [0, 0.1) is 5.41 Å². The van der Waals surface area contributed by atoms with Crippen LogP contribution in [0.25, 0.3) is 5.65 Å². The topological polar surface area (TPSA) is 74.2 Å². The molecule has 0 unspecified atom stereocenters. The number of amides is 1. The van der Waals surface area contributed by atoms with Crippen molar-refractivity contribution in [3.05, 3.63) is 47.3 Å². The maximum atomic E-state index is 13.0. The highest BCUT2D eigenvalue weighted by Crippen LogP contribution is 2.36. The van der Waals surface area contributed by atoms with Gasteiger partial charge in [-0.1, -0.05) is 47.6 Å². The lowest BCUT2D eigenvalue weighted by atomic mass is 9.81.